The van der Waals surface area contributed by atoms with Gasteiger partial charge in [0.25, 0.3) is 5.91 Å². The molecule has 0 aliphatic heterocycles. The first-order chi connectivity index (χ1) is 14.1. The van der Waals surface area contributed by atoms with Crippen LogP contribution in [0.1, 0.15) is 32.6 Å². The molecule has 29 heavy (non-hydrogen) atoms. The van der Waals surface area contributed by atoms with E-state index < -0.39 is 0 Å². The van der Waals surface area contributed by atoms with Gasteiger partial charge < -0.3 is 4.74 Å². The molecule has 0 bridgehead atoms. The maximum absolute atomic E-state index is 12.3. The number of benzene rings is 3. The average Bonchev–Trinajstić information content (AvgIpc) is 2.73. The van der Waals surface area contributed by atoms with Crippen LogP contribution in [0.5, 0.6) is 5.75 Å². The highest BCUT2D eigenvalue weighted by molar-refractivity contribution is 6.30. The number of halogens is 1. The number of hydrogen-bond donors (Lipinski definition) is 1. The summed E-state index contributed by atoms with van der Waals surface area (Å²) in [6.45, 7) is 2.09. The van der Waals surface area contributed by atoms with Gasteiger partial charge in [0.05, 0.1) is 17.8 Å². The lowest BCUT2D eigenvalue weighted by Gasteiger charge is -2.10. The number of nitrogens with one attached hydrogen (secondary N) is 1. The molecule has 5 nitrogen and oxygen atoms in total. The molecule has 0 aliphatic carbocycles. The maximum atomic E-state index is 12.3. The van der Waals surface area contributed by atoms with Gasteiger partial charge in [-0.2, -0.15) is 10.4 Å². The molecule has 1 N–H and O–H groups in total. The summed E-state index contributed by atoms with van der Waals surface area (Å²) in [5.74, 6) is 0.239. The molecule has 1 amide bonds. The Labute approximate surface area is 174 Å². The third kappa shape index (κ3) is 5.22. The third-order valence-electron chi connectivity index (χ3n) is 4.25. The first kappa shape index (κ1) is 20.1. The number of aryl methyl sites for hydroxylation is 1. The van der Waals surface area contributed by atoms with Crippen molar-refractivity contribution in [1.82, 2.24) is 5.43 Å². The molecule has 0 atom stereocenters. The zero-order valence-electron chi connectivity index (χ0n) is 15.7. The second-order valence-electron chi connectivity index (χ2n) is 6.25. The molecular formula is C23H18ClN3O2. The van der Waals surface area contributed by atoms with Gasteiger partial charge in [-0.05, 0) is 42.8 Å². The van der Waals surface area contributed by atoms with Gasteiger partial charge in [0.2, 0.25) is 0 Å². The van der Waals surface area contributed by atoms with E-state index in [1.807, 2.05) is 31.2 Å². The lowest BCUT2D eigenvalue weighted by molar-refractivity contribution is 0.0954. The highest BCUT2D eigenvalue weighted by Gasteiger charge is 2.08. The number of ether oxygens (including phenoxy) is 1. The van der Waals surface area contributed by atoms with Crippen LogP contribution in [0.25, 0.3) is 0 Å². The summed E-state index contributed by atoms with van der Waals surface area (Å²) >= 11 is 6.09. The number of hydrazone groups is 1. The maximum Gasteiger partial charge on any atom is 0.271 e. The Morgan fingerprint density at radius 2 is 1.93 bits per heavy atom. The Hall–Kier alpha value is -3.62. The molecular weight excluding hydrogens is 386 g/mol. The molecule has 0 aliphatic rings. The zero-order valence-corrected chi connectivity index (χ0v) is 16.5. The van der Waals surface area contributed by atoms with Crippen LogP contribution in [0.4, 0.5) is 0 Å². The van der Waals surface area contributed by atoms with Crippen LogP contribution in [-0.2, 0) is 6.61 Å². The average molecular weight is 404 g/mol. The number of nitriles is 1. The van der Waals surface area contributed by atoms with Crippen LogP contribution in [0.2, 0.25) is 5.02 Å². The molecule has 0 saturated carbocycles. The van der Waals surface area contributed by atoms with E-state index in [1.165, 1.54) is 6.21 Å². The molecule has 0 radical (unpaired) electrons. The van der Waals surface area contributed by atoms with Crippen LogP contribution in [0.15, 0.2) is 71.8 Å². The lowest BCUT2D eigenvalue weighted by atomic mass is 10.1. The van der Waals surface area contributed by atoms with E-state index in [2.05, 4.69) is 16.6 Å². The normalized spacial score (nSPS) is 10.5. The second-order valence-corrected chi connectivity index (χ2v) is 6.69. The van der Waals surface area contributed by atoms with E-state index in [0.717, 1.165) is 11.1 Å². The van der Waals surface area contributed by atoms with E-state index in [9.17, 15) is 10.1 Å². The topological polar surface area (TPSA) is 74.5 Å². The third-order valence-corrected chi connectivity index (χ3v) is 4.49. The van der Waals surface area contributed by atoms with Gasteiger partial charge in [0.1, 0.15) is 12.4 Å². The molecule has 144 valence electrons. The van der Waals surface area contributed by atoms with Crippen molar-refractivity contribution < 1.29 is 9.53 Å². The first-order valence-electron chi connectivity index (χ1n) is 8.88. The van der Waals surface area contributed by atoms with Crippen molar-refractivity contribution in [2.75, 3.05) is 0 Å². The fourth-order valence-corrected chi connectivity index (χ4v) is 2.89. The van der Waals surface area contributed by atoms with Crippen LogP contribution >= 0.6 is 11.6 Å². The van der Waals surface area contributed by atoms with Gasteiger partial charge in [0, 0.05) is 21.7 Å². The van der Waals surface area contributed by atoms with Crippen molar-refractivity contribution in [3.05, 3.63) is 99.6 Å². The smallest absolute Gasteiger partial charge is 0.271 e. The number of carbonyl (C=O) groups is 1. The van der Waals surface area contributed by atoms with Crippen molar-refractivity contribution in [3.8, 4) is 11.8 Å². The predicted molar refractivity (Wildman–Crippen MR) is 113 cm³/mol. The molecule has 0 aromatic heterocycles. The second kappa shape index (κ2) is 9.54. The van der Waals surface area contributed by atoms with Crippen molar-refractivity contribution in [2.24, 2.45) is 5.10 Å². The van der Waals surface area contributed by atoms with E-state index >= 15 is 0 Å². The summed E-state index contributed by atoms with van der Waals surface area (Å²) in [6.07, 6.45) is 1.48. The molecule has 0 heterocycles. The van der Waals surface area contributed by atoms with Gasteiger partial charge in [-0.3, -0.25) is 4.79 Å². The number of rotatable bonds is 6. The number of hydrogen-bond acceptors (Lipinski definition) is 4. The Bertz CT molecular complexity index is 1100. The molecule has 0 spiro atoms. The summed E-state index contributed by atoms with van der Waals surface area (Å²) in [6, 6.07) is 21.8. The standard InChI is InChI=1S/C23H18ClN3O2/c1-16-6-2-5-9-21(16)23(28)27-26-14-19-12-20(24)10-11-22(19)29-15-18-8-4-3-7-17(18)13-25/h2-12,14H,15H2,1H3,(H,27,28)/b26-14-. The van der Waals surface area contributed by atoms with E-state index in [1.54, 1.807) is 42.5 Å². The Morgan fingerprint density at radius 3 is 2.72 bits per heavy atom. The summed E-state index contributed by atoms with van der Waals surface area (Å²) in [7, 11) is 0. The Balaban J connectivity index is 1.73. The van der Waals surface area contributed by atoms with Crippen molar-refractivity contribution in [2.45, 2.75) is 13.5 Å². The van der Waals surface area contributed by atoms with E-state index in [4.69, 9.17) is 16.3 Å². The number of carbonyl (C=O) groups excluding carboxylic acids is 1. The van der Waals surface area contributed by atoms with Gasteiger partial charge in [-0.25, -0.2) is 5.43 Å². The van der Waals surface area contributed by atoms with Gasteiger partial charge >= 0.3 is 0 Å². The summed E-state index contributed by atoms with van der Waals surface area (Å²) in [5, 5.41) is 13.8. The van der Waals surface area contributed by atoms with Crippen molar-refractivity contribution >= 4 is 23.7 Å². The molecule has 3 aromatic carbocycles. The lowest BCUT2D eigenvalue weighted by Crippen LogP contribution is -2.18. The molecule has 0 unspecified atom stereocenters. The summed E-state index contributed by atoms with van der Waals surface area (Å²) < 4.78 is 5.87. The highest BCUT2D eigenvalue weighted by Crippen LogP contribution is 2.23. The molecule has 3 rings (SSSR count). The quantitative estimate of drug-likeness (QED) is 0.471. The van der Waals surface area contributed by atoms with E-state index in [-0.39, 0.29) is 12.5 Å². The van der Waals surface area contributed by atoms with Crippen molar-refractivity contribution in [1.29, 1.82) is 5.26 Å². The Kier molecular flexibility index (Phi) is 6.62. The molecule has 0 fully saturated rings. The van der Waals surface area contributed by atoms with Crippen LogP contribution in [0, 0.1) is 18.3 Å². The molecule has 3 aromatic rings. The summed E-state index contributed by atoms with van der Waals surface area (Å²) in [4.78, 5) is 12.3. The molecule has 6 heteroatoms. The fourth-order valence-electron chi connectivity index (χ4n) is 2.71. The SMILES string of the molecule is Cc1ccccc1C(=O)N/N=C\c1cc(Cl)ccc1OCc1ccccc1C#N. The van der Waals surface area contributed by atoms with Gasteiger partial charge in [-0.1, -0.05) is 48.0 Å². The van der Waals surface area contributed by atoms with Gasteiger partial charge in [0.15, 0.2) is 0 Å². The van der Waals surface area contributed by atoms with Crippen molar-refractivity contribution in [3.63, 3.8) is 0 Å². The monoisotopic (exact) mass is 403 g/mol. The van der Waals surface area contributed by atoms with Gasteiger partial charge in [-0.15, -0.1) is 0 Å². The van der Waals surface area contributed by atoms with Crippen LogP contribution < -0.4 is 10.2 Å². The minimum absolute atomic E-state index is 0.224. The fraction of sp³-hybridized carbons (Fsp3) is 0.0870. The Morgan fingerprint density at radius 1 is 1.17 bits per heavy atom. The number of amides is 1. The minimum atomic E-state index is -0.299. The zero-order chi connectivity index (χ0) is 20.6. The largest absolute Gasteiger partial charge is 0.488 e. The highest BCUT2D eigenvalue weighted by atomic mass is 35.5. The van der Waals surface area contributed by atoms with Crippen LogP contribution in [-0.4, -0.2) is 12.1 Å². The predicted octanol–water partition coefficient (Wildman–Crippen LogP) is 4.86. The van der Waals surface area contributed by atoms with E-state index in [0.29, 0.717) is 27.5 Å². The minimum Gasteiger partial charge on any atom is -0.488 e. The van der Waals surface area contributed by atoms with Crippen LogP contribution in [0.3, 0.4) is 0 Å². The summed E-state index contributed by atoms with van der Waals surface area (Å²) in [5.41, 5.74) is 5.88. The number of nitrogens with zero attached hydrogens (tertiary/aromatic N) is 2. The first-order valence-corrected chi connectivity index (χ1v) is 9.25. The molecule has 0 saturated heterocycles.